The summed E-state index contributed by atoms with van der Waals surface area (Å²) in [5.74, 6) is 0.582. The Labute approximate surface area is 294 Å². The molecule has 0 aliphatic heterocycles. The van der Waals surface area contributed by atoms with Crippen molar-refractivity contribution < 1.29 is 8.83 Å². The van der Waals surface area contributed by atoms with Crippen molar-refractivity contribution in [2.75, 3.05) is 4.90 Å². The van der Waals surface area contributed by atoms with Crippen LogP contribution in [-0.2, 0) is 0 Å². The Hall–Kier alpha value is -6.91. The molecule has 4 nitrogen and oxygen atoms in total. The molecule has 0 fully saturated rings. The number of aromatic nitrogens is 1. The predicted octanol–water partition coefficient (Wildman–Crippen LogP) is 13.4. The minimum Gasteiger partial charge on any atom is -0.456 e. The van der Waals surface area contributed by atoms with Crippen molar-refractivity contribution >= 4 is 60.9 Å². The van der Waals surface area contributed by atoms with Crippen LogP contribution in [0, 0.1) is 0 Å². The van der Waals surface area contributed by atoms with Gasteiger partial charge in [0.25, 0.3) is 0 Å². The summed E-state index contributed by atoms with van der Waals surface area (Å²) in [6.45, 7) is 0. The third kappa shape index (κ3) is 5.04. The van der Waals surface area contributed by atoms with Crippen LogP contribution in [0.5, 0.6) is 0 Å². The molecule has 0 radical (unpaired) electrons. The van der Waals surface area contributed by atoms with Gasteiger partial charge in [-0.3, -0.25) is 0 Å². The smallest absolute Gasteiger partial charge is 0.228 e. The first-order chi connectivity index (χ1) is 25.3. The SMILES string of the molecule is c1ccc(-c2ccccc2N(c2ccc(-c3ccc4ccccc4c3)cc2)c2ccc3c(c2)oc2cccc(-c4nc5ccccc5o4)c23)cc1. The summed E-state index contributed by atoms with van der Waals surface area (Å²) >= 11 is 0. The molecule has 10 aromatic rings. The van der Waals surface area contributed by atoms with Crippen LogP contribution in [-0.4, -0.2) is 4.98 Å². The van der Waals surface area contributed by atoms with Gasteiger partial charge >= 0.3 is 0 Å². The Kier molecular flexibility index (Phi) is 6.78. The van der Waals surface area contributed by atoms with E-state index in [0.717, 1.165) is 66.8 Å². The minimum absolute atomic E-state index is 0.582. The number of anilines is 3. The zero-order valence-corrected chi connectivity index (χ0v) is 27.5. The lowest BCUT2D eigenvalue weighted by Crippen LogP contribution is -2.11. The molecule has 0 saturated heterocycles. The second-order valence-electron chi connectivity index (χ2n) is 12.8. The molecule has 0 bridgehead atoms. The molecule has 0 atom stereocenters. The lowest BCUT2D eigenvalue weighted by Gasteiger charge is -2.28. The molecule has 2 aromatic heterocycles. The summed E-state index contributed by atoms with van der Waals surface area (Å²) < 4.78 is 12.8. The van der Waals surface area contributed by atoms with Crippen LogP contribution in [0.3, 0.4) is 0 Å². The van der Waals surface area contributed by atoms with Crippen LogP contribution in [0.4, 0.5) is 17.1 Å². The molecule has 240 valence electrons. The molecule has 8 aromatic carbocycles. The van der Waals surface area contributed by atoms with Crippen molar-refractivity contribution in [3.8, 4) is 33.7 Å². The van der Waals surface area contributed by atoms with E-state index in [1.165, 1.54) is 21.9 Å². The maximum Gasteiger partial charge on any atom is 0.228 e. The molecule has 0 aliphatic carbocycles. The first-order valence-electron chi connectivity index (χ1n) is 17.1. The van der Waals surface area contributed by atoms with Gasteiger partial charge in [-0.25, -0.2) is 4.98 Å². The zero-order valence-electron chi connectivity index (χ0n) is 27.5. The molecule has 0 unspecified atom stereocenters. The highest BCUT2D eigenvalue weighted by molar-refractivity contribution is 6.12. The highest BCUT2D eigenvalue weighted by atomic mass is 16.3. The van der Waals surface area contributed by atoms with Gasteiger partial charge in [-0.05, 0) is 88.1 Å². The Bertz CT molecular complexity index is 2830. The van der Waals surface area contributed by atoms with E-state index in [-0.39, 0.29) is 0 Å². The lowest BCUT2D eigenvalue weighted by molar-refractivity contribution is 0.620. The van der Waals surface area contributed by atoms with Gasteiger partial charge in [0.05, 0.1) is 5.69 Å². The van der Waals surface area contributed by atoms with Gasteiger partial charge in [-0.1, -0.05) is 115 Å². The van der Waals surface area contributed by atoms with Gasteiger partial charge in [0.1, 0.15) is 16.7 Å². The Balaban J connectivity index is 1.13. The van der Waals surface area contributed by atoms with Crippen LogP contribution in [0.15, 0.2) is 191 Å². The standard InChI is InChI=1S/C47H30N2O2/c1-2-12-33(13-3-1)38-15-6-8-18-42(38)49(36-25-23-32(24-26-36)35-22-21-31-11-4-5-14-34(31)29-35)37-27-28-39-45(30-37)50-44-20-10-16-40(46(39)44)47-48-41-17-7-9-19-43(41)51-47/h1-30H. The first kappa shape index (κ1) is 29.0. The van der Waals surface area contributed by atoms with Crippen LogP contribution >= 0.6 is 0 Å². The number of benzene rings is 8. The average molecular weight is 655 g/mol. The van der Waals surface area contributed by atoms with E-state index in [2.05, 4.69) is 150 Å². The average Bonchev–Trinajstić information content (AvgIpc) is 3.80. The van der Waals surface area contributed by atoms with Crippen molar-refractivity contribution in [2.45, 2.75) is 0 Å². The third-order valence-electron chi connectivity index (χ3n) is 9.70. The number of para-hydroxylation sites is 3. The van der Waals surface area contributed by atoms with Gasteiger partial charge in [0.15, 0.2) is 5.58 Å². The highest BCUT2D eigenvalue weighted by Crippen LogP contribution is 2.44. The first-order valence-corrected chi connectivity index (χ1v) is 17.1. The van der Waals surface area contributed by atoms with Crippen molar-refractivity contribution in [2.24, 2.45) is 0 Å². The van der Waals surface area contributed by atoms with E-state index in [4.69, 9.17) is 13.8 Å². The lowest BCUT2D eigenvalue weighted by atomic mass is 9.99. The van der Waals surface area contributed by atoms with Crippen molar-refractivity contribution in [3.63, 3.8) is 0 Å². The molecule has 0 amide bonds. The van der Waals surface area contributed by atoms with E-state index in [1.807, 2.05) is 36.4 Å². The Morgan fingerprint density at radius 2 is 1.12 bits per heavy atom. The van der Waals surface area contributed by atoms with E-state index >= 15 is 0 Å². The summed E-state index contributed by atoms with van der Waals surface area (Å²) in [6.07, 6.45) is 0. The molecular formula is C47H30N2O2. The summed E-state index contributed by atoms with van der Waals surface area (Å²) in [7, 11) is 0. The zero-order chi connectivity index (χ0) is 33.7. The number of hydrogen-bond acceptors (Lipinski definition) is 4. The number of hydrogen-bond donors (Lipinski definition) is 0. The molecule has 2 heterocycles. The molecule has 10 rings (SSSR count). The van der Waals surface area contributed by atoms with Gasteiger partial charge in [0.2, 0.25) is 5.89 Å². The van der Waals surface area contributed by atoms with E-state index in [0.29, 0.717) is 5.89 Å². The monoisotopic (exact) mass is 654 g/mol. The summed E-state index contributed by atoms with van der Waals surface area (Å²) in [5, 5.41) is 4.47. The van der Waals surface area contributed by atoms with Crippen LogP contribution in [0.1, 0.15) is 0 Å². The maximum absolute atomic E-state index is 6.58. The van der Waals surface area contributed by atoms with E-state index in [1.54, 1.807) is 0 Å². The minimum atomic E-state index is 0.582. The third-order valence-corrected chi connectivity index (χ3v) is 9.70. The summed E-state index contributed by atoms with van der Waals surface area (Å²) in [4.78, 5) is 7.13. The van der Waals surface area contributed by atoms with Crippen LogP contribution in [0.2, 0.25) is 0 Å². The van der Waals surface area contributed by atoms with Crippen LogP contribution in [0.25, 0.3) is 77.5 Å². The second-order valence-corrected chi connectivity index (χ2v) is 12.8. The van der Waals surface area contributed by atoms with Crippen molar-refractivity contribution in [1.29, 1.82) is 0 Å². The molecule has 51 heavy (non-hydrogen) atoms. The number of oxazole rings is 1. The fraction of sp³-hybridized carbons (Fsp3) is 0. The van der Waals surface area contributed by atoms with Crippen molar-refractivity contribution in [3.05, 3.63) is 182 Å². The second kappa shape index (κ2) is 11.9. The van der Waals surface area contributed by atoms with E-state index in [9.17, 15) is 0 Å². The maximum atomic E-state index is 6.58. The molecule has 4 heteroatoms. The number of nitrogens with zero attached hydrogens (tertiary/aromatic N) is 2. The molecular weight excluding hydrogens is 625 g/mol. The van der Waals surface area contributed by atoms with Gasteiger partial charge in [-0.2, -0.15) is 0 Å². The summed E-state index contributed by atoms with van der Waals surface area (Å²) in [6, 6.07) is 63.5. The summed E-state index contributed by atoms with van der Waals surface area (Å²) in [5.41, 5.74) is 11.8. The molecule has 0 aliphatic rings. The highest BCUT2D eigenvalue weighted by Gasteiger charge is 2.21. The topological polar surface area (TPSA) is 42.4 Å². The van der Waals surface area contributed by atoms with Gasteiger partial charge in [-0.15, -0.1) is 0 Å². The fourth-order valence-corrected chi connectivity index (χ4v) is 7.25. The Morgan fingerprint density at radius 1 is 0.412 bits per heavy atom. The van der Waals surface area contributed by atoms with Gasteiger partial charge < -0.3 is 13.7 Å². The number of furan rings is 1. The Morgan fingerprint density at radius 3 is 2.00 bits per heavy atom. The molecule has 0 saturated carbocycles. The van der Waals surface area contributed by atoms with E-state index < -0.39 is 0 Å². The normalized spacial score (nSPS) is 11.5. The number of fused-ring (bicyclic) bond motifs is 5. The van der Waals surface area contributed by atoms with Crippen LogP contribution < -0.4 is 4.90 Å². The molecule has 0 spiro atoms. The largest absolute Gasteiger partial charge is 0.456 e. The fourth-order valence-electron chi connectivity index (χ4n) is 7.25. The quantitative estimate of drug-likeness (QED) is 0.179. The van der Waals surface area contributed by atoms with Crippen molar-refractivity contribution in [1.82, 2.24) is 4.98 Å². The number of rotatable bonds is 6. The molecule has 0 N–H and O–H groups in total. The predicted molar refractivity (Wildman–Crippen MR) is 210 cm³/mol. The van der Waals surface area contributed by atoms with Gasteiger partial charge in [0, 0.05) is 39.3 Å².